The van der Waals surface area contributed by atoms with Crippen molar-refractivity contribution in [1.82, 2.24) is 4.98 Å². The Hall–Kier alpha value is -2.73. The second-order valence-corrected chi connectivity index (χ2v) is 5.57. The lowest BCUT2D eigenvalue weighted by Gasteiger charge is -2.20. The Morgan fingerprint density at radius 1 is 1.12 bits per heavy atom. The monoisotopic (exact) mass is 326 g/mol. The molecule has 3 aromatic rings. The van der Waals surface area contributed by atoms with E-state index < -0.39 is 0 Å². The van der Waals surface area contributed by atoms with Crippen molar-refractivity contribution >= 4 is 17.1 Å². The highest BCUT2D eigenvalue weighted by atomic mass is 16.7. The van der Waals surface area contributed by atoms with E-state index in [0.717, 1.165) is 28.2 Å². The van der Waals surface area contributed by atoms with Gasteiger partial charge in [0.15, 0.2) is 17.1 Å². The quantitative estimate of drug-likeness (QED) is 0.693. The van der Waals surface area contributed by atoms with E-state index in [9.17, 15) is 0 Å². The molecular weight excluding hydrogens is 308 g/mol. The van der Waals surface area contributed by atoms with Gasteiger partial charge < -0.3 is 23.5 Å². The Kier molecular flexibility index (Phi) is 3.96. The van der Waals surface area contributed by atoms with Gasteiger partial charge in [0.25, 0.3) is 6.01 Å². The molecule has 6 nitrogen and oxygen atoms in total. The average Bonchev–Trinajstić information content (AvgIpc) is 3.24. The molecule has 1 aliphatic rings. The van der Waals surface area contributed by atoms with Gasteiger partial charge in [0.2, 0.25) is 6.79 Å². The van der Waals surface area contributed by atoms with E-state index in [4.69, 9.17) is 18.6 Å². The number of hydrogen-bond donors (Lipinski definition) is 0. The van der Waals surface area contributed by atoms with Crippen LogP contribution < -0.4 is 14.4 Å². The number of oxazole rings is 1. The Morgan fingerprint density at radius 3 is 2.88 bits per heavy atom. The molecule has 1 aromatic heterocycles. The molecule has 0 radical (unpaired) electrons. The van der Waals surface area contributed by atoms with E-state index >= 15 is 0 Å². The summed E-state index contributed by atoms with van der Waals surface area (Å²) in [6.07, 6.45) is 0. The zero-order valence-corrected chi connectivity index (χ0v) is 13.4. The van der Waals surface area contributed by atoms with Gasteiger partial charge in [-0.2, -0.15) is 4.98 Å². The lowest BCUT2D eigenvalue weighted by Crippen LogP contribution is -2.27. The topological polar surface area (TPSA) is 57.0 Å². The van der Waals surface area contributed by atoms with Gasteiger partial charge in [0.05, 0.1) is 6.61 Å². The second-order valence-electron chi connectivity index (χ2n) is 5.57. The normalized spacial score (nSPS) is 12.7. The van der Waals surface area contributed by atoms with Crippen LogP contribution in [0.25, 0.3) is 11.1 Å². The highest BCUT2D eigenvalue weighted by Gasteiger charge is 2.17. The van der Waals surface area contributed by atoms with Crippen LogP contribution in [0.5, 0.6) is 11.5 Å². The molecule has 0 saturated heterocycles. The van der Waals surface area contributed by atoms with E-state index in [0.29, 0.717) is 25.7 Å². The first kappa shape index (κ1) is 14.8. The predicted molar refractivity (Wildman–Crippen MR) is 89.5 cm³/mol. The molecule has 4 rings (SSSR count). The molecule has 24 heavy (non-hydrogen) atoms. The van der Waals surface area contributed by atoms with Crippen molar-refractivity contribution in [3.05, 3.63) is 48.0 Å². The number of nitrogens with zero attached hydrogens (tertiary/aromatic N) is 2. The van der Waals surface area contributed by atoms with Crippen molar-refractivity contribution in [3.8, 4) is 11.5 Å². The van der Waals surface area contributed by atoms with Crippen molar-refractivity contribution in [2.24, 2.45) is 0 Å². The smallest absolute Gasteiger partial charge is 0.298 e. The van der Waals surface area contributed by atoms with Crippen molar-refractivity contribution in [3.63, 3.8) is 0 Å². The number of ether oxygens (including phenoxy) is 3. The first-order valence-electron chi connectivity index (χ1n) is 7.81. The molecular formula is C18H18N2O4. The second kappa shape index (κ2) is 6.41. The van der Waals surface area contributed by atoms with Crippen molar-refractivity contribution in [1.29, 1.82) is 0 Å². The Balaban J connectivity index is 1.61. The maximum Gasteiger partial charge on any atom is 0.298 e. The van der Waals surface area contributed by atoms with Crippen LogP contribution in [0, 0.1) is 0 Å². The first-order chi connectivity index (χ1) is 11.8. The van der Waals surface area contributed by atoms with Gasteiger partial charge in [-0.15, -0.1) is 0 Å². The highest BCUT2D eigenvalue weighted by Crippen LogP contribution is 2.33. The summed E-state index contributed by atoms with van der Waals surface area (Å²) >= 11 is 0. The summed E-state index contributed by atoms with van der Waals surface area (Å²) in [4.78, 5) is 6.64. The lowest BCUT2D eigenvalue weighted by atomic mass is 10.2. The van der Waals surface area contributed by atoms with Crippen molar-refractivity contribution < 1.29 is 18.6 Å². The number of benzene rings is 2. The molecule has 0 N–H and O–H groups in total. The lowest BCUT2D eigenvalue weighted by molar-refractivity contribution is 0.174. The molecule has 6 heteroatoms. The highest BCUT2D eigenvalue weighted by molar-refractivity contribution is 5.74. The van der Waals surface area contributed by atoms with Crippen LogP contribution in [0.4, 0.5) is 6.01 Å². The van der Waals surface area contributed by atoms with E-state index in [1.807, 2.05) is 42.5 Å². The van der Waals surface area contributed by atoms with Gasteiger partial charge >= 0.3 is 0 Å². The number of rotatable bonds is 6. The summed E-state index contributed by atoms with van der Waals surface area (Å²) in [5.41, 5.74) is 2.72. The third-order valence-electron chi connectivity index (χ3n) is 3.93. The predicted octanol–water partition coefficient (Wildman–Crippen LogP) is 3.21. The van der Waals surface area contributed by atoms with Crippen molar-refractivity contribution in [2.75, 3.05) is 32.0 Å². The third-order valence-corrected chi connectivity index (χ3v) is 3.93. The van der Waals surface area contributed by atoms with Gasteiger partial charge in [-0.3, -0.25) is 0 Å². The number of fused-ring (bicyclic) bond motifs is 2. The summed E-state index contributed by atoms with van der Waals surface area (Å²) in [5, 5.41) is 0. The molecule has 0 saturated carbocycles. The maximum absolute atomic E-state index is 5.90. The Labute approximate surface area is 139 Å². The molecule has 1 aliphatic heterocycles. The zero-order chi connectivity index (χ0) is 16.4. The van der Waals surface area contributed by atoms with E-state index in [-0.39, 0.29) is 6.79 Å². The number of aromatic nitrogens is 1. The van der Waals surface area contributed by atoms with Gasteiger partial charge in [-0.25, -0.2) is 0 Å². The summed E-state index contributed by atoms with van der Waals surface area (Å²) in [6.45, 7) is 2.19. The molecule has 2 heterocycles. The SMILES string of the molecule is COCCN(Cc1ccc2c(c1)OCO2)c1nc2ccccc2o1. The van der Waals surface area contributed by atoms with Crippen LogP contribution in [0.2, 0.25) is 0 Å². The van der Waals surface area contributed by atoms with Gasteiger partial charge in [-0.1, -0.05) is 18.2 Å². The minimum Gasteiger partial charge on any atom is -0.454 e. The number of anilines is 1. The summed E-state index contributed by atoms with van der Waals surface area (Å²) in [7, 11) is 1.69. The van der Waals surface area contributed by atoms with E-state index in [1.165, 1.54) is 0 Å². The molecule has 0 fully saturated rings. The van der Waals surface area contributed by atoms with Crippen molar-refractivity contribution in [2.45, 2.75) is 6.54 Å². The van der Waals surface area contributed by atoms with Crippen LogP contribution in [0.1, 0.15) is 5.56 Å². The summed E-state index contributed by atoms with van der Waals surface area (Å²) in [6, 6.07) is 14.3. The number of methoxy groups -OCH3 is 1. The third kappa shape index (κ3) is 2.88. The van der Waals surface area contributed by atoms with Gasteiger partial charge in [-0.05, 0) is 29.8 Å². The molecule has 0 bridgehead atoms. The van der Waals surface area contributed by atoms with Gasteiger partial charge in [0, 0.05) is 20.2 Å². The standard InChI is InChI=1S/C18H18N2O4/c1-21-9-8-20(18-19-14-4-2-3-5-15(14)24-18)11-13-6-7-16-17(10-13)23-12-22-16/h2-7,10H,8-9,11-12H2,1H3. The fraction of sp³-hybridized carbons (Fsp3) is 0.278. The Morgan fingerprint density at radius 2 is 2.00 bits per heavy atom. The minimum absolute atomic E-state index is 0.275. The molecule has 0 atom stereocenters. The van der Waals surface area contributed by atoms with E-state index in [2.05, 4.69) is 9.88 Å². The molecule has 0 unspecified atom stereocenters. The minimum atomic E-state index is 0.275. The van der Waals surface area contributed by atoms with Crippen LogP contribution in [0.15, 0.2) is 46.9 Å². The molecule has 2 aromatic carbocycles. The molecule has 0 aliphatic carbocycles. The van der Waals surface area contributed by atoms with E-state index in [1.54, 1.807) is 7.11 Å². The summed E-state index contributed by atoms with van der Waals surface area (Å²) < 4.78 is 21.9. The fourth-order valence-electron chi connectivity index (χ4n) is 2.70. The largest absolute Gasteiger partial charge is 0.454 e. The molecule has 0 spiro atoms. The molecule has 0 amide bonds. The Bertz CT molecular complexity index is 813. The maximum atomic E-state index is 5.90. The fourth-order valence-corrected chi connectivity index (χ4v) is 2.70. The number of hydrogen-bond acceptors (Lipinski definition) is 6. The zero-order valence-electron chi connectivity index (χ0n) is 13.4. The van der Waals surface area contributed by atoms with Crippen LogP contribution >= 0.6 is 0 Å². The average molecular weight is 326 g/mol. The van der Waals surface area contributed by atoms with Crippen LogP contribution in [-0.4, -0.2) is 32.0 Å². The first-order valence-corrected chi connectivity index (χ1v) is 7.81. The summed E-state index contributed by atoms with van der Waals surface area (Å²) in [5.74, 6) is 1.56. The molecule has 124 valence electrons. The van der Waals surface area contributed by atoms with Crippen LogP contribution in [-0.2, 0) is 11.3 Å². The van der Waals surface area contributed by atoms with Crippen LogP contribution in [0.3, 0.4) is 0 Å². The number of para-hydroxylation sites is 2. The van der Waals surface area contributed by atoms with Gasteiger partial charge in [0.1, 0.15) is 5.52 Å².